The van der Waals surface area contributed by atoms with E-state index < -0.39 is 10.0 Å². The van der Waals surface area contributed by atoms with E-state index >= 15 is 0 Å². The third kappa shape index (κ3) is 3.35. The predicted octanol–water partition coefficient (Wildman–Crippen LogP) is 3.57. The minimum atomic E-state index is -3.64. The molecule has 8 heteroatoms. The lowest BCUT2D eigenvalue weighted by molar-refractivity contribution is 0.467. The summed E-state index contributed by atoms with van der Waals surface area (Å²) in [5, 5.41) is 2.03. The minimum absolute atomic E-state index is 0.0603. The Labute approximate surface area is 135 Å². The summed E-state index contributed by atoms with van der Waals surface area (Å²) < 4.78 is 27.2. The third-order valence-electron chi connectivity index (χ3n) is 2.67. The van der Waals surface area contributed by atoms with Crippen molar-refractivity contribution in [3.63, 3.8) is 0 Å². The lowest BCUT2D eigenvalue weighted by Gasteiger charge is -2.17. The van der Waals surface area contributed by atoms with Crippen molar-refractivity contribution < 1.29 is 8.42 Å². The van der Waals surface area contributed by atoms with Crippen molar-refractivity contribution in [2.24, 2.45) is 0 Å². The van der Waals surface area contributed by atoms with Gasteiger partial charge in [0.15, 0.2) is 0 Å². The number of thiophene rings is 1. The van der Waals surface area contributed by atoms with E-state index in [4.69, 9.17) is 17.3 Å². The van der Waals surface area contributed by atoms with E-state index in [2.05, 4.69) is 15.9 Å². The largest absolute Gasteiger partial charge is 0.399 e. The number of benzene rings is 1. The number of nitrogen functional groups attached to an aromatic ring is 1. The van der Waals surface area contributed by atoms with Gasteiger partial charge in [0.05, 0.1) is 8.81 Å². The van der Waals surface area contributed by atoms with Crippen LogP contribution >= 0.6 is 38.9 Å². The van der Waals surface area contributed by atoms with Crippen LogP contribution in [0.15, 0.2) is 38.3 Å². The zero-order valence-corrected chi connectivity index (χ0v) is 14.5. The Balaban J connectivity index is 2.29. The second kappa shape index (κ2) is 6.03. The Bertz CT molecular complexity index is 731. The second-order valence-electron chi connectivity index (χ2n) is 4.21. The molecule has 0 saturated heterocycles. The first-order chi connectivity index (χ1) is 9.30. The number of rotatable bonds is 4. The van der Waals surface area contributed by atoms with Crippen molar-refractivity contribution in [3.8, 4) is 0 Å². The summed E-state index contributed by atoms with van der Waals surface area (Å²) in [7, 11) is -2.12. The number of nitrogens with zero attached hydrogens (tertiary/aromatic N) is 1. The number of hydrogen-bond acceptors (Lipinski definition) is 4. The molecule has 0 bridgehead atoms. The van der Waals surface area contributed by atoms with E-state index in [1.807, 2.05) is 11.4 Å². The van der Waals surface area contributed by atoms with Gasteiger partial charge >= 0.3 is 0 Å². The molecule has 0 radical (unpaired) electrons. The van der Waals surface area contributed by atoms with Crippen LogP contribution in [0.1, 0.15) is 5.56 Å². The lowest BCUT2D eigenvalue weighted by Crippen LogP contribution is -2.26. The Hall–Kier alpha value is -0.600. The molecule has 0 aliphatic rings. The molecule has 4 nitrogen and oxygen atoms in total. The molecule has 0 spiro atoms. The average molecular weight is 396 g/mol. The molecule has 108 valence electrons. The fourth-order valence-corrected chi connectivity index (χ4v) is 4.55. The van der Waals surface area contributed by atoms with E-state index in [9.17, 15) is 8.42 Å². The normalized spacial score (nSPS) is 12.0. The Kier molecular flexibility index (Phi) is 4.76. The first kappa shape index (κ1) is 15.8. The van der Waals surface area contributed by atoms with Gasteiger partial charge in [0.25, 0.3) is 0 Å². The number of sulfonamides is 1. The standard InChI is InChI=1S/C12H12BrClN2O2S2/c1-16(6-8-4-12(13)19-7-8)20(17,18)11-3-2-9(15)5-10(11)14/h2-5,7H,6,15H2,1H3. The molecule has 1 aromatic heterocycles. The van der Waals surface area contributed by atoms with Crippen molar-refractivity contribution in [2.45, 2.75) is 11.4 Å². The first-order valence-corrected chi connectivity index (χ1v) is 9.04. The molecule has 0 atom stereocenters. The van der Waals surface area contributed by atoms with Crippen LogP contribution in [0, 0.1) is 0 Å². The Morgan fingerprint density at radius 1 is 1.40 bits per heavy atom. The minimum Gasteiger partial charge on any atom is -0.399 e. The Morgan fingerprint density at radius 2 is 2.10 bits per heavy atom. The smallest absolute Gasteiger partial charge is 0.244 e. The van der Waals surface area contributed by atoms with Crippen LogP contribution < -0.4 is 5.73 Å². The third-order valence-corrected chi connectivity index (χ3v) is 6.51. The van der Waals surface area contributed by atoms with Crippen LogP contribution in [-0.4, -0.2) is 19.8 Å². The number of nitrogens with two attached hydrogens (primary N) is 1. The molecule has 0 amide bonds. The lowest BCUT2D eigenvalue weighted by atomic mass is 10.3. The van der Waals surface area contributed by atoms with Gasteiger partial charge in [-0.15, -0.1) is 11.3 Å². The van der Waals surface area contributed by atoms with Crippen molar-refractivity contribution >= 4 is 54.6 Å². The summed E-state index contributed by atoms with van der Waals surface area (Å²) in [6, 6.07) is 6.27. The van der Waals surface area contributed by atoms with Crippen molar-refractivity contribution in [2.75, 3.05) is 12.8 Å². The van der Waals surface area contributed by atoms with Gasteiger partial charge in [-0.2, -0.15) is 4.31 Å². The molecule has 0 aliphatic heterocycles. The highest BCUT2D eigenvalue weighted by Crippen LogP contribution is 2.28. The van der Waals surface area contributed by atoms with E-state index in [0.29, 0.717) is 5.69 Å². The van der Waals surface area contributed by atoms with E-state index in [1.165, 1.54) is 40.9 Å². The molecular weight excluding hydrogens is 384 g/mol. The van der Waals surface area contributed by atoms with Gasteiger partial charge in [0.1, 0.15) is 4.90 Å². The summed E-state index contributed by atoms with van der Waals surface area (Å²) in [5.41, 5.74) is 6.92. The summed E-state index contributed by atoms with van der Waals surface area (Å²) in [6.45, 7) is 0.283. The van der Waals surface area contributed by atoms with Gasteiger partial charge in [-0.05, 0) is 51.1 Å². The molecule has 2 aromatic rings. The molecule has 2 N–H and O–H groups in total. The predicted molar refractivity (Wildman–Crippen MR) is 86.5 cm³/mol. The number of hydrogen-bond donors (Lipinski definition) is 1. The molecule has 1 aromatic carbocycles. The fourth-order valence-electron chi connectivity index (χ4n) is 1.66. The second-order valence-corrected chi connectivity index (χ2v) is 8.92. The SMILES string of the molecule is CN(Cc1csc(Br)c1)S(=O)(=O)c1ccc(N)cc1Cl. The number of halogens is 2. The van der Waals surface area contributed by atoms with Crippen LogP contribution in [0.5, 0.6) is 0 Å². The molecule has 0 fully saturated rings. The summed E-state index contributed by atoms with van der Waals surface area (Å²) in [5.74, 6) is 0. The fraction of sp³-hybridized carbons (Fsp3) is 0.167. The molecule has 0 unspecified atom stereocenters. The summed E-state index contributed by atoms with van der Waals surface area (Å²) >= 11 is 10.8. The van der Waals surface area contributed by atoms with Crippen LogP contribution in [0.2, 0.25) is 5.02 Å². The van der Waals surface area contributed by atoms with Gasteiger partial charge in [-0.3, -0.25) is 0 Å². The zero-order valence-electron chi connectivity index (χ0n) is 10.5. The Morgan fingerprint density at radius 3 is 2.65 bits per heavy atom. The van der Waals surface area contributed by atoms with E-state index in [-0.39, 0.29) is 16.5 Å². The van der Waals surface area contributed by atoms with E-state index in [1.54, 1.807) is 0 Å². The van der Waals surface area contributed by atoms with Crippen molar-refractivity contribution in [1.82, 2.24) is 4.31 Å². The highest BCUT2D eigenvalue weighted by Gasteiger charge is 2.24. The van der Waals surface area contributed by atoms with Gasteiger partial charge in [0, 0.05) is 19.3 Å². The molecule has 20 heavy (non-hydrogen) atoms. The van der Waals surface area contributed by atoms with Crippen LogP contribution in [0.3, 0.4) is 0 Å². The molecule has 0 aliphatic carbocycles. The summed E-state index contributed by atoms with van der Waals surface area (Å²) in [4.78, 5) is 0.0603. The molecule has 2 rings (SSSR count). The summed E-state index contributed by atoms with van der Waals surface area (Å²) in [6.07, 6.45) is 0. The molecule has 1 heterocycles. The first-order valence-electron chi connectivity index (χ1n) is 5.55. The molecular formula is C12H12BrClN2O2S2. The van der Waals surface area contributed by atoms with E-state index in [0.717, 1.165) is 9.35 Å². The maximum absolute atomic E-state index is 12.5. The van der Waals surface area contributed by atoms with Gasteiger partial charge in [-0.1, -0.05) is 11.6 Å². The quantitative estimate of drug-likeness (QED) is 0.805. The zero-order chi connectivity index (χ0) is 14.9. The van der Waals surface area contributed by atoms with Crippen molar-refractivity contribution in [1.29, 1.82) is 0 Å². The van der Waals surface area contributed by atoms with Gasteiger partial charge < -0.3 is 5.73 Å². The topological polar surface area (TPSA) is 63.4 Å². The van der Waals surface area contributed by atoms with Gasteiger partial charge in [-0.25, -0.2) is 8.42 Å². The highest BCUT2D eigenvalue weighted by atomic mass is 79.9. The monoisotopic (exact) mass is 394 g/mol. The maximum atomic E-state index is 12.5. The van der Waals surface area contributed by atoms with Gasteiger partial charge in [0.2, 0.25) is 10.0 Å². The average Bonchev–Trinajstić information content (AvgIpc) is 2.74. The number of anilines is 1. The van der Waals surface area contributed by atoms with Crippen LogP contribution in [-0.2, 0) is 16.6 Å². The van der Waals surface area contributed by atoms with Crippen LogP contribution in [0.25, 0.3) is 0 Å². The maximum Gasteiger partial charge on any atom is 0.244 e. The van der Waals surface area contributed by atoms with Crippen molar-refractivity contribution in [3.05, 3.63) is 44.0 Å². The highest BCUT2D eigenvalue weighted by molar-refractivity contribution is 9.11. The molecule has 0 saturated carbocycles. The van der Waals surface area contributed by atoms with Crippen LogP contribution in [0.4, 0.5) is 5.69 Å².